The van der Waals surface area contributed by atoms with Gasteiger partial charge in [-0.1, -0.05) is 6.92 Å². The van der Waals surface area contributed by atoms with Gasteiger partial charge in [0.1, 0.15) is 11.6 Å². The van der Waals surface area contributed by atoms with Crippen molar-refractivity contribution in [3.05, 3.63) is 6.07 Å². The van der Waals surface area contributed by atoms with E-state index in [1.807, 2.05) is 6.07 Å². The summed E-state index contributed by atoms with van der Waals surface area (Å²) in [7, 11) is 0. The zero-order valence-electron chi connectivity index (χ0n) is 12.2. The molecule has 5 heteroatoms. The Kier molecular flexibility index (Phi) is 4.45. The predicted octanol–water partition coefficient (Wildman–Crippen LogP) is 2.51. The summed E-state index contributed by atoms with van der Waals surface area (Å²) in [5.41, 5.74) is 5.83. The molecule has 1 aromatic heterocycles. The van der Waals surface area contributed by atoms with Crippen LogP contribution >= 0.6 is 0 Å². The molecule has 1 heterocycles. The van der Waals surface area contributed by atoms with Crippen molar-refractivity contribution in [1.29, 1.82) is 0 Å². The highest BCUT2D eigenvalue weighted by molar-refractivity contribution is 5.53. The number of aromatic nitrogens is 2. The average Bonchev–Trinajstić information content (AvgIpc) is 3.16. The number of hydrogen-bond acceptors (Lipinski definition) is 5. The molecule has 2 rings (SSSR count). The van der Waals surface area contributed by atoms with Crippen molar-refractivity contribution in [2.45, 2.75) is 46.1 Å². The first-order valence-corrected chi connectivity index (χ1v) is 7.25. The third kappa shape index (κ3) is 3.98. The highest BCUT2D eigenvalue weighted by Crippen LogP contribution is 2.32. The van der Waals surface area contributed by atoms with Crippen LogP contribution in [0.2, 0.25) is 0 Å². The van der Waals surface area contributed by atoms with Crippen LogP contribution in [0.5, 0.6) is 0 Å². The standard InChI is InChI=1S/C14H25N5/c1-4-7-16-12-8-13(18-14(15)17-12)19(10(2)3)9-11-5-6-11/h8,10-11H,4-7,9H2,1-3H3,(H3,15,16,17,18). The molecule has 0 saturated heterocycles. The van der Waals surface area contributed by atoms with Crippen LogP contribution < -0.4 is 16.0 Å². The lowest BCUT2D eigenvalue weighted by Crippen LogP contribution is -2.33. The highest BCUT2D eigenvalue weighted by Gasteiger charge is 2.26. The minimum absolute atomic E-state index is 0.345. The second-order valence-corrected chi connectivity index (χ2v) is 5.59. The first kappa shape index (κ1) is 13.9. The molecule has 0 bridgehead atoms. The molecule has 1 aromatic rings. The van der Waals surface area contributed by atoms with Gasteiger partial charge in [-0.05, 0) is 39.0 Å². The second kappa shape index (κ2) is 6.08. The van der Waals surface area contributed by atoms with E-state index >= 15 is 0 Å². The molecule has 19 heavy (non-hydrogen) atoms. The normalized spacial score (nSPS) is 14.7. The number of nitrogens with two attached hydrogens (primary N) is 1. The van der Waals surface area contributed by atoms with Crippen molar-refractivity contribution < 1.29 is 0 Å². The molecule has 0 amide bonds. The molecule has 0 unspecified atom stereocenters. The summed E-state index contributed by atoms with van der Waals surface area (Å²) in [5, 5.41) is 3.28. The summed E-state index contributed by atoms with van der Waals surface area (Å²) in [6.07, 6.45) is 3.74. The van der Waals surface area contributed by atoms with Gasteiger partial charge in [-0.15, -0.1) is 0 Å². The van der Waals surface area contributed by atoms with Gasteiger partial charge >= 0.3 is 0 Å². The molecule has 3 N–H and O–H groups in total. The van der Waals surface area contributed by atoms with Gasteiger partial charge in [0.15, 0.2) is 0 Å². The maximum atomic E-state index is 5.83. The zero-order chi connectivity index (χ0) is 13.8. The van der Waals surface area contributed by atoms with E-state index in [9.17, 15) is 0 Å². The van der Waals surface area contributed by atoms with Crippen LogP contribution in [-0.4, -0.2) is 29.1 Å². The fraction of sp³-hybridized carbons (Fsp3) is 0.714. The molecule has 0 aliphatic heterocycles. The Morgan fingerprint density at radius 2 is 2.16 bits per heavy atom. The summed E-state index contributed by atoms with van der Waals surface area (Å²) in [6.45, 7) is 8.49. The zero-order valence-corrected chi connectivity index (χ0v) is 12.2. The van der Waals surface area contributed by atoms with E-state index in [2.05, 4.69) is 41.0 Å². The molecule has 0 spiro atoms. The monoisotopic (exact) mass is 263 g/mol. The van der Waals surface area contributed by atoms with Crippen LogP contribution in [0, 0.1) is 5.92 Å². The second-order valence-electron chi connectivity index (χ2n) is 5.59. The molecular formula is C14H25N5. The van der Waals surface area contributed by atoms with Crippen molar-refractivity contribution in [3.63, 3.8) is 0 Å². The van der Waals surface area contributed by atoms with Gasteiger partial charge in [-0.2, -0.15) is 9.97 Å². The minimum atomic E-state index is 0.345. The van der Waals surface area contributed by atoms with Gasteiger partial charge in [-0.3, -0.25) is 0 Å². The van der Waals surface area contributed by atoms with Crippen molar-refractivity contribution in [1.82, 2.24) is 9.97 Å². The molecule has 1 aliphatic carbocycles. The van der Waals surface area contributed by atoms with Gasteiger partial charge in [0.05, 0.1) is 0 Å². The van der Waals surface area contributed by atoms with Crippen LogP contribution in [0.3, 0.4) is 0 Å². The first-order valence-electron chi connectivity index (χ1n) is 7.25. The average molecular weight is 263 g/mol. The molecule has 0 aromatic carbocycles. The summed E-state index contributed by atoms with van der Waals surface area (Å²) in [5.74, 6) is 2.93. The number of rotatable bonds is 7. The van der Waals surface area contributed by atoms with Gasteiger partial charge in [-0.25, -0.2) is 0 Å². The maximum Gasteiger partial charge on any atom is 0.223 e. The lowest BCUT2D eigenvalue weighted by Gasteiger charge is -2.28. The maximum absolute atomic E-state index is 5.83. The van der Waals surface area contributed by atoms with Gasteiger partial charge in [0, 0.05) is 25.2 Å². The lowest BCUT2D eigenvalue weighted by atomic mass is 10.2. The van der Waals surface area contributed by atoms with E-state index in [1.165, 1.54) is 12.8 Å². The van der Waals surface area contributed by atoms with E-state index in [0.29, 0.717) is 12.0 Å². The Bertz CT molecular complexity index is 414. The van der Waals surface area contributed by atoms with E-state index in [0.717, 1.165) is 37.1 Å². The van der Waals surface area contributed by atoms with Crippen LogP contribution in [0.15, 0.2) is 6.07 Å². The molecule has 5 nitrogen and oxygen atoms in total. The summed E-state index contributed by atoms with van der Waals surface area (Å²) < 4.78 is 0. The van der Waals surface area contributed by atoms with Crippen LogP contribution in [0.4, 0.5) is 17.6 Å². The largest absolute Gasteiger partial charge is 0.370 e. The first-order chi connectivity index (χ1) is 9.10. The fourth-order valence-corrected chi connectivity index (χ4v) is 2.09. The van der Waals surface area contributed by atoms with Crippen LogP contribution in [-0.2, 0) is 0 Å². The minimum Gasteiger partial charge on any atom is -0.370 e. The Morgan fingerprint density at radius 3 is 2.74 bits per heavy atom. The van der Waals surface area contributed by atoms with Crippen LogP contribution in [0.1, 0.15) is 40.0 Å². The van der Waals surface area contributed by atoms with Crippen LogP contribution in [0.25, 0.3) is 0 Å². The van der Waals surface area contributed by atoms with Crippen molar-refractivity contribution in [2.75, 3.05) is 29.0 Å². The Morgan fingerprint density at radius 1 is 1.42 bits per heavy atom. The highest BCUT2D eigenvalue weighted by atomic mass is 15.2. The summed E-state index contributed by atoms with van der Waals surface area (Å²) in [6, 6.07) is 2.43. The number of nitrogens with one attached hydrogen (secondary N) is 1. The van der Waals surface area contributed by atoms with Gasteiger partial charge in [0.25, 0.3) is 0 Å². The number of nitrogens with zero attached hydrogens (tertiary/aromatic N) is 3. The number of nitrogen functional groups attached to an aromatic ring is 1. The molecule has 0 radical (unpaired) electrons. The summed E-state index contributed by atoms with van der Waals surface area (Å²) >= 11 is 0. The van der Waals surface area contributed by atoms with Crippen molar-refractivity contribution in [2.24, 2.45) is 5.92 Å². The van der Waals surface area contributed by atoms with Gasteiger partial charge in [0.2, 0.25) is 5.95 Å². The van der Waals surface area contributed by atoms with Crippen molar-refractivity contribution >= 4 is 17.6 Å². The third-order valence-corrected chi connectivity index (χ3v) is 3.36. The Balaban J connectivity index is 2.17. The third-order valence-electron chi connectivity index (χ3n) is 3.36. The number of anilines is 3. The van der Waals surface area contributed by atoms with E-state index in [4.69, 9.17) is 5.73 Å². The van der Waals surface area contributed by atoms with E-state index in [-0.39, 0.29) is 0 Å². The Labute approximate surface area is 115 Å². The van der Waals surface area contributed by atoms with Gasteiger partial charge < -0.3 is 16.0 Å². The van der Waals surface area contributed by atoms with Crippen molar-refractivity contribution in [3.8, 4) is 0 Å². The number of hydrogen-bond donors (Lipinski definition) is 2. The Hall–Kier alpha value is -1.52. The molecule has 0 atom stereocenters. The quantitative estimate of drug-likeness (QED) is 0.791. The molecule has 106 valence electrons. The molecule has 1 aliphatic rings. The topological polar surface area (TPSA) is 67.1 Å². The summed E-state index contributed by atoms with van der Waals surface area (Å²) in [4.78, 5) is 11.0. The SMILES string of the molecule is CCCNc1cc(N(CC2CC2)C(C)C)nc(N)n1. The fourth-order valence-electron chi connectivity index (χ4n) is 2.09. The lowest BCUT2D eigenvalue weighted by molar-refractivity contribution is 0.636. The smallest absolute Gasteiger partial charge is 0.223 e. The molecular weight excluding hydrogens is 238 g/mol. The van der Waals surface area contributed by atoms with E-state index < -0.39 is 0 Å². The molecule has 1 fully saturated rings. The molecule has 1 saturated carbocycles. The predicted molar refractivity (Wildman–Crippen MR) is 80.4 cm³/mol. The van der Waals surface area contributed by atoms with E-state index in [1.54, 1.807) is 0 Å².